The second kappa shape index (κ2) is 19.2. The Morgan fingerprint density at radius 3 is 2.27 bits per heavy atom. The van der Waals surface area contributed by atoms with Gasteiger partial charge in [-0.25, -0.2) is 0 Å². The molecule has 0 aliphatic heterocycles. The quantitative estimate of drug-likeness (QED) is 0.0575. The molecule has 0 amide bonds. The lowest BCUT2D eigenvalue weighted by molar-refractivity contribution is -0.145. The van der Waals surface area contributed by atoms with E-state index in [-0.39, 0.29) is 26.4 Å². The number of hydrogen-bond donors (Lipinski definition) is 5. The van der Waals surface area contributed by atoms with Crippen LogP contribution >= 0.6 is 11.6 Å². The lowest BCUT2D eigenvalue weighted by Gasteiger charge is -2.25. The van der Waals surface area contributed by atoms with Gasteiger partial charge in [0.2, 0.25) is 0 Å². The number of aliphatic hydroxyl groups is 2. The van der Waals surface area contributed by atoms with Gasteiger partial charge in [-0.05, 0) is 84.0 Å². The van der Waals surface area contributed by atoms with Crippen molar-refractivity contribution in [3.8, 4) is 45.6 Å². The van der Waals surface area contributed by atoms with Crippen molar-refractivity contribution >= 4 is 17.6 Å². The summed E-state index contributed by atoms with van der Waals surface area (Å²) in [7, 11) is 0. The van der Waals surface area contributed by atoms with Crippen LogP contribution in [0, 0.1) is 25.2 Å². The minimum Gasteiger partial charge on any atom is -0.492 e. The molecule has 55 heavy (non-hydrogen) atoms. The Morgan fingerprint density at radius 2 is 1.56 bits per heavy atom. The molecule has 0 saturated carbocycles. The summed E-state index contributed by atoms with van der Waals surface area (Å²) in [5.41, 5.74) is 7.52. The molecule has 0 radical (unpaired) electrons. The molecule has 0 aliphatic carbocycles. The summed E-state index contributed by atoms with van der Waals surface area (Å²) in [6, 6.07) is 27.5. The molecule has 4 aromatic carbocycles. The summed E-state index contributed by atoms with van der Waals surface area (Å²) in [5.74, 6) is 0.321. The van der Waals surface area contributed by atoms with E-state index >= 15 is 0 Å². The summed E-state index contributed by atoms with van der Waals surface area (Å²) < 4.78 is 18.3. The maximum Gasteiger partial charge on any atom is 0.326 e. The average Bonchev–Trinajstić information content (AvgIpc) is 3.20. The first-order valence-electron chi connectivity index (χ1n) is 17.8. The number of ether oxygens (including phenoxy) is 3. The van der Waals surface area contributed by atoms with Crippen LogP contribution in [0.25, 0.3) is 22.3 Å². The fourth-order valence-electron chi connectivity index (χ4n) is 5.94. The number of aromatic nitrogens is 1. The summed E-state index contributed by atoms with van der Waals surface area (Å²) in [6.07, 6.45) is 3.06. The number of rotatable bonds is 19. The van der Waals surface area contributed by atoms with Crippen LogP contribution in [-0.4, -0.2) is 64.7 Å². The number of aliphatic carboxylic acids is 1. The first kappa shape index (κ1) is 40.7. The standard InChI is InChI=1S/C43H45ClN4O7/c1-28-33(6-4-8-37(28)38-9-5-7-36(29(38)2)32-10-12-35(13-11-32)53-17-15-46-14-16-49)26-55-41-20-40(54-25-31-18-30(21-45)22-47-23-31)34(19-39(41)44)24-48-43(3,27-50)42(51)52/h4-13,18-20,22-23,46,48-50H,14-17,24-27H2,1-3H3,(H,51,52)/t43-/m1/s1. The first-order chi connectivity index (χ1) is 26.6. The van der Waals surface area contributed by atoms with Crippen molar-refractivity contribution in [2.24, 2.45) is 0 Å². The second-order valence-corrected chi connectivity index (χ2v) is 13.6. The zero-order valence-corrected chi connectivity index (χ0v) is 31.8. The third-order valence-electron chi connectivity index (χ3n) is 9.35. The number of carbonyl (C=O) groups is 1. The van der Waals surface area contributed by atoms with Crippen LogP contribution in [0.1, 0.15) is 40.3 Å². The Morgan fingerprint density at radius 1 is 0.855 bits per heavy atom. The van der Waals surface area contributed by atoms with E-state index in [1.54, 1.807) is 24.4 Å². The largest absolute Gasteiger partial charge is 0.492 e. The maximum atomic E-state index is 11.8. The molecule has 286 valence electrons. The molecule has 12 heteroatoms. The fourth-order valence-corrected chi connectivity index (χ4v) is 6.18. The zero-order chi connectivity index (χ0) is 39.4. The summed E-state index contributed by atoms with van der Waals surface area (Å²) in [5, 5.41) is 43.9. The van der Waals surface area contributed by atoms with Gasteiger partial charge in [-0.1, -0.05) is 60.1 Å². The molecule has 0 saturated heterocycles. The van der Waals surface area contributed by atoms with E-state index in [4.69, 9.17) is 30.9 Å². The lowest BCUT2D eigenvalue weighted by Crippen LogP contribution is -2.52. The van der Waals surface area contributed by atoms with Gasteiger partial charge in [-0.2, -0.15) is 5.26 Å². The van der Waals surface area contributed by atoms with Crippen molar-refractivity contribution in [1.82, 2.24) is 15.6 Å². The Labute approximate surface area is 326 Å². The first-order valence-corrected chi connectivity index (χ1v) is 18.2. The van der Waals surface area contributed by atoms with E-state index in [9.17, 15) is 20.3 Å². The van der Waals surface area contributed by atoms with E-state index < -0.39 is 18.1 Å². The highest BCUT2D eigenvalue weighted by molar-refractivity contribution is 6.32. The highest BCUT2D eigenvalue weighted by Gasteiger charge is 2.32. The third-order valence-corrected chi connectivity index (χ3v) is 9.64. The van der Waals surface area contributed by atoms with Gasteiger partial charge in [0.25, 0.3) is 0 Å². The second-order valence-electron chi connectivity index (χ2n) is 13.2. The molecule has 1 atom stereocenters. The monoisotopic (exact) mass is 764 g/mol. The highest BCUT2D eigenvalue weighted by atomic mass is 35.5. The van der Waals surface area contributed by atoms with E-state index in [0.29, 0.717) is 52.9 Å². The van der Waals surface area contributed by atoms with Crippen LogP contribution in [0.2, 0.25) is 5.02 Å². The number of hydrogen-bond acceptors (Lipinski definition) is 10. The van der Waals surface area contributed by atoms with Gasteiger partial charge < -0.3 is 34.8 Å². The Bertz CT molecular complexity index is 2140. The number of carboxylic acid groups (broad SMARTS) is 1. The fraction of sp³-hybridized carbons (Fsp3) is 0.279. The van der Waals surface area contributed by atoms with E-state index in [1.807, 2.05) is 24.3 Å². The maximum absolute atomic E-state index is 11.8. The van der Waals surface area contributed by atoms with E-state index in [0.717, 1.165) is 44.7 Å². The number of halogens is 1. The van der Waals surface area contributed by atoms with Crippen molar-refractivity contribution in [2.45, 2.75) is 46.1 Å². The van der Waals surface area contributed by atoms with Crippen molar-refractivity contribution < 1.29 is 34.3 Å². The molecule has 1 aromatic heterocycles. The van der Waals surface area contributed by atoms with Crippen LogP contribution < -0.4 is 24.8 Å². The molecule has 0 fully saturated rings. The Balaban J connectivity index is 1.36. The van der Waals surface area contributed by atoms with Gasteiger partial charge >= 0.3 is 5.97 Å². The normalized spacial score (nSPS) is 12.1. The van der Waals surface area contributed by atoms with Crippen molar-refractivity contribution in [3.63, 3.8) is 0 Å². The Kier molecular flexibility index (Phi) is 14.2. The van der Waals surface area contributed by atoms with Crippen LogP contribution in [0.3, 0.4) is 0 Å². The number of nitrogens with zero attached hydrogens (tertiary/aromatic N) is 2. The van der Waals surface area contributed by atoms with Crippen LogP contribution in [0.5, 0.6) is 17.2 Å². The van der Waals surface area contributed by atoms with Gasteiger partial charge in [0, 0.05) is 49.2 Å². The van der Waals surface area contributed by atoms with Crippen LogP contribution in [0.4, 0.5) is 0 Å². The molecule has 0 bridgehead atoms. The predicted molar refractivity (Wildman–Crippen MR) is 211 cm³/mol. The minimum atomic E-state index is -1.59. The van der Waals surface area contributed by atoms with Crippen molar-refractivity contribution in [1.29, 1.82) is 5.26 Å². The topological polar surface area (TPSA) is 166 Å². The van der Waals surface area contributed by atoms with Gasteiger partial charge in [0.15, 0.2) is 0 Å². The van der Waals surface area contributed by atoms with Crippen molar-refractivity contribution in [3.05, 3.63) is 130 Å². The molecule has 5 rings (SSSR count). The number of pyridine rings is 1. The summed E-state index contributed by atoms with van der Waals surface area (Å²) in [6.45, 7) is 7.05. The SMILES string of the molecule is Cc1c(COc2cc(OCc3cncc(C#N)c3)c(CN[C@](C)(CO)C(=O)O)cc2Cl)cccc1-c1cccc(-c2ccc(OCCNCCO)cc2)c1C. The minimum absolute atomic E-state index is 0.0243. The lowest BCUT2D eigenvalue weighted by atomic mass is 9.89. The smallest absolute Gasteiger partial charge is 0.326 e. The van der Waals surface area contributed by atoms with E-state index in [2.05, 4.69) is 71.9 Å². The number of benzene rings is 4. The Hall–Kier alpha value is -5.48. The number of nitriles is 1. The third kappa shape index (κ3) is 10.4. The van der Waals surface area contributed by atoms with Gasteiger partial charge in [-0.3, -0.25) is 15.1 Å². The number of nitrogens with one attached hydrogen (secondary N) is 2. The zero-order valence-electron chi connectivity index (χ0n) is 31.1. The molecule has 11 nitrogen and oxygen atoms in total. The average molecular weight is 765 g/mol. The molecule has 0 spiro atoms. The number of aliphatic hydroxyl groups excluding tert-OH is 2. The van der Waals surface area contributed by atoms with Crippen LogP contribution in [0.15, 0.2) is 91.3 Å². The summed E-state index contributed by atoms with van der Waals surface area (Å²) in [4.78, 5) is 15.9. The molecule has 0 unspecified atom stereocenters. The number of carboxylic acids is 1. The van der Waals surface area contributed by atoms with Crippen molar-refractivity contribution in [2.75, 3.05) is 32.9 Å². The van der Waals surface area contributed by atoms with Gasteiger partial charge in [0.1, 0.15) is 48.7 Å². The molecule has 1 heterocycles. The molecular weight excluding hydrogens is 720 g/mol. The van der Waals surface area contributed by atoms with Crippen LogP contribution in [-0.2, 0) is 24.6 Å². The predicted octanol–water partition coefficient (Wildman–Crippen LogP) is 6.60. The van der Waals surface area contributed by atoms with Gasteiger partial charge in [0.05, 0.1) is 23.8 Å². The highest BCUT2D eigenvalue weighted by Crippen LogP contribution is 2.37. The van der Waals surface area contributed by atoms with E-state index in [1.165, 1.54) is 13.1 Å². The molecule has 5 N–H and O–H groups in total. The van der Waals surface area contributed by atoms with Gasteiger partial charge in [-0.15, -0.1) is 0 Å². The molecule has 0 aliphatic rings. The molecule has 5 aromatic rings. The summed E-state index contributed by atoms with van der Waals surface area (Å²) >= 11 is 6.75. The molecular formula is C43H45ClN4O7.